The van der Waals surface area contributed by atoms with E-state index >= 15 is 0 Å². The first-order valence-corrected chi connectivity index (χ1v) is 11.3. The molecular weight excluding hydrogens is 364 g/mol. The fourth-order valence-electron chi connectivity index (χ4n) is 7.28. The van der Waals surface area contributed by atoms with Crippen LogP contribution in [-0.4, -0.2) is 34.5 Å². The molecule has 1 heterocycles. The molecule has 0 aromatic heterocycles. The largest absolute Gasteiger partial charge is 0.389 e. The molecule has 1 spiro atoms. The molecule has 1 N–H and O–H groups in total. The average molecular weight is 401 g/mol. The molecule has 160 valence electrons. The Balaban J connectivity index is 1.74. The highest BCUT2D eigenvalue weighted by Crippen LogP contribution is 2.64. The molecule has 0 unspecified atom stereocenters. The van der Waals surface area contributed by atoms with Crippen LogP contribution in [0, 0.1) is 29.1 Å². The number of carbonyl (C=O) groups is 2. The van der Waals surface area contributed by atoms with Crippen LogP contribution in [0.1, 0.15) is 73.1 Å². The van der Waals surface area contributed by atoms with Gasteiger partial charge in [-0.1, -0.05) is 31.6 Å². The summed E-state index contributed by atoms with van der Waals surface area (Å²) in [6.07, 6.45) is 10.0. The lowest BCUT2D eigenvalue weighted by Crippen LogP contribution is -2.46. The molecule has 0 radical (unpaired) electrons. The number of ketones is 1. The second-order valence-corrected chi connectivity index (χ2v) is 11.0. The third kappa shape index (κ3) is 3.18. The van der Waals surface area contributed by atoms with Gasteiger partial charge in [-0.05, 0) is 75.7 Å². The number of carbonyl (C=O) groups excluding carboxylic acids is 2. The number of ether oxygens (including phenoxy) is 1. The van der Waals surface area contributed by atoms with Gasteiger partial charge in [0.05, 0.1) is 23.2 Å². The number of aliphatic hydroxyl groups is 1. The highest BCUT2D eigenvalue weighted by atomic mass is 16.5. The van der Waals surface area contributed by atoms with Gasteiger partial charge in [0.2, 0.25) is 0 Å². The minimum atomic E-state index is -1.04. The number of rotatable bonds is 2. The van der Waals surface area contributed by atoms with Crippen LogP contribution in [0.5, 0.6) is 0 Å². The summed E-state index contributed by atoms with van der Waals surface area (Å²) in [5, 5.41) is 11.1. The summed E-state index contributed by atoms with van der Waals surface area (Å²) < 4.78 is 6.79. The third-order valence-corrected chi connectivity index (χ3v) is 8.68. The zero-order valence-corrected chi connectivity index (χ0v) is 18.5. The Morgan fingerprint density at radius 2 is 2.00 bits per heavy atom. The van der Waals surface area contributed by atoms with Crippen molar-refractivity contribution in [3.8, 4) is 0 Å². The first-order chi connectivity index (χ1) is 13.5. The van der Waals surface area contributed by atoms with Crippen molar-refractivity contribution in [1.29, 1.82) is 0 Å². The maximum Gasteiger partial charge on any atom is 0.146 e. The van der Waals surface area contributed by atoms with Gasteiger partial charge >= 0.3 is 0 Å². The van der Waals surface area contributed by atoms with Crippen molar-refractivity contribution in [3.63, 3.8) is 0 Å². The van der Waals surface area contributed by atoms with Crippen LogP contribution in [0.15, 0.2) is 23.3 Å². The van der Waals surface area contributed by atoms with Crippen molar-refractivity contribution in [2.75, 3.05) is 0 Å². The molecule has 4 rings (SSSR count). The SMILES string of the molecule is CC(C)=C[C@H]1C[C@H](C)[C@]2(CC[C@]3(C)C[C@H]4[C@H](C(=O)C[C@@]4(C)O)C(C=O)=CC[C@H]32)O1. The molecule has 8 atom stereocenters. The Hall–Kier alpha value is -1.26. The molecular formula is C25H36O4. The number of Topliss-reactive ketones (excluding diaryl/α,β-unsaturated/α-hetero) is 1. The normalized spacial score (nSPS) is 49.2. The maximum absolute atomic E-state index is 12.7. The van der Waals surface area contributed by atoms with E-state index in [1.807, 2.05) is 6.08 Å². The molecule has 0 aromatic carbocycles. The summed E-state index contributed by atoms with van der Waals surface area (Å²) >= 11 is 0. The molecule has 1 saturated heterocycles. The Labute approximate surface area is 174 Å². The first-order valence-electron chi connectivity index (χ1n) is 11.3. The van der Waals surface area contributed by atoms with Crippen molar-refractivity contribution < 1.29 is 19.4 Å². The Bertz CT molecular complexity index is 774. The predicted molar refractivity (Wildman–Crippen MR) is 112 cm³/mol. The molecule has 0 bridgehead atoms. The zero-order valence-electron chi connectivity index (χ0n) is 18.5. The summed E-state index contributed by atoms with van der Waals surface area (Å²) in [5.41, 5.74) is 0.628. The van der Waals surface area contributed by atoms with Crippen molar-refractivity contribution in [2.45, 2.75) is 90.4 Å². The van der Waals surface area contributed by atoms with Crippen molar-refractivity contribution >= 4 is 12.1 Å². The molecule has 4 heteroatoms. The van der Waals surface area contributed by atoms with Crippen LogP contribution in [0.2, 0.25) is 0 Å². The smallest absolute Gasteiger partial charge is 0.146 e. The standard InChI is InChI=1S/C25H36O4/c1-15(2)10-18-11-16(3)25(29-18)9-8-23(4)12-19-22(20(27)13-24(19,5)28)17(14-26)6-7-21(23)25/h6,10,14,16,18-19,21-22,28H,7-9,11-13H2,1-5H3/t16-,18-,19-,21+,22+,23+,24+,25-/m0/s1. The Morgan fingerprint density at radius 3 is 2.66 bits per heavy atom. The number of hydrogen-bond donors (Lipinski definition) is 1. The molecule has 2 saturated carbocycles. The van der Waals surface area contributed by atoms with Crippen molar-refractivity contribution in [3.05, 3.63) is 23.3 Å². The molecule has 29 heavy (non-hydrogen) atoms. The van der Waals surface area contributed by atoms with Gasteiger partial charge in [0.1, 0.15) is 12.1 Å². The molecule has 3 fully saturated rings. The lowest BCUT2D eigenvalue weighted by atomic mass is 9.62. The number of fused-ring (bicyclic) bond motifs is 3. The van der Waals surface area contributed by atoms with Gasteiger partial charge in [-0.15, -0.1) is 0 Å². The zero-order chi connectivity index (χ0) is 21.2. The number of aldehydes is 1. The van der Waals surface area contributed by atoms with Crippen LogP contribution >= 0.6 is 0 Å². The van der Waals surface area contributed by atoms with Gasteiger partial charge in [-0.25, -0.2) is 0 Å². The predicted octanol–water partition coefficient (Wildman–Crippen LogP) is 4.41. The highest BCUT2D eigenvalue weighted by molar-refractivity contribution is 5.94. The Morgan fingerprint density at radius 1 is 1.28 bits per heavy atom. The molecule has 4 aliphatic rings. The molecule has 0 amide bonds. The van der Waals surface area contributed by atoms with Crippen molar-refractivity contribution in [2.24, 2.45) is 29.1 Å². The van der Waals surface area contributed by atoms with Gasteiger partial charge < -0.3 is 9.84 Å². The second-order valence-electron chi connectivity index (χ2n) is 11.0. The topological polar surface area (TPSA) is 63.6 Å². The van der Waals surface area contributed by atoms with Gasteiger partial charge in [0.25, 0.3) is 0 Å². The molecule has 4 nitrogen and oxygen atoms in total. The van der Waals surface area contributed by atoms with E-state index in [1.54, 1.807) is 6.92 Å². The van der Waals surface area contributed by atoms with Crippen LogP contribution in [-0.2, 0) is 14.3 Å². The quantitative estimate of drug-likeness (QED) is 0.551. The number of hydrogen-bond acceptors (Lipinski definition) is 4. The van der Waals surface area contributed by atoms with Crippen LogP contribution in [0.4, 0.5) is 0 Å². The monoisotopic (exact) mass is 400 g/mol. The maximum atomic E-state index is 12.7. The minimum absolute atomic E-state index is 0.00341. The lowest BCUT2D eigenvalue weighted by Gasteiger charge is -2.45. The molecule has 3 aliphatic carbocycles. The van der Waals surface area contributed by atoms with Gasteiger partial charge in [0, 0.05) is 12.3 Å². The van der Waals surface area contributed by atoms with E-state index in [0.717, 1.165) is 38.4 Å². The summed E-state index contributed by atoms with van der Waals surface area (Å²) in [6.45, 7) is 10.7. The highest BCUT2D eigenvalue weighted by Gasteiger charge is 2.63. The summed E-state index contributed by atoms with van der Waals surface area (Å²) in [7, 11) is 0. The Kier molecular flexibility index (Phi) is 4.98. The van der Waals surface area contributed by atoms with Gasteiger partial charge in [-0.2, -0.15) is 0 Å². The van der Waals surface area contributed by atoms with E-state index in [1.165, 1.54) is 5.57 Å². The second kappa shape index (κ2) is 6.88. The van der Waals surface area contributed by atoms with Crippen LogP contribution in [0.3, 0.4) is 0 Å². The molecule has 1 aliphatic heterocycles. The van der Waals surface area contributed by atoms with E-state index in [9.17, 15) is 14.7 Å². The van der Waals surface area contributed by atoms with E-state index in [0.29, 0.717) is 17.4 Å². The minimum Gasteiger partial charge on any atom is -0.389 e. The first kappa shape index (κ1) is 21.0. The van der Waals surface area contributed by atoms with E-state index < -0.39 is 11.5 Å². The third-order valence-electron chi connectivity index (χ3n) is 8.68. The fraction of sp³-hybridized carbons (Fsp3) is 0.760. The van der Waals surface area contributed by atoms with Crippen LogP contribution in [0.25, 0.3) is 0 Å². The molecule has 0 aromatic rings. The van der Waals surface area contributed by atoms with Gasteiger partial charge in [0.15, 0.2) is 0 Å². The van der Waals surface area contributed by atoms with E-state index in [-0.39, 0.29) is 35.2 Å². The summed E-state index contributed by atoms with van der Waals surface area (Å²) in [4.78, 5) is 24.6. The van der Waals surface area contributed by atoms with Crippen molar-refractivity contribution in [1.82, 2.24) is 0 Å². The van der Waals surface area contributed by atoms with E-state index in [2.05, 4.69) is 33.8 Å². The lowest BCUT2D eigenvalue weighted by molar-refractivity contribution is -0.122. The fourth-order valence-corrected chi connectivity index (χ4v) is 7.28. The number of allylic oxidation sites excluding steroid dienone is 3. The average Bonchev–Trinajstić information content (AvgIpc) is 3.12. The summed E-state index contributed by atoms with van der Waals surface area (Å²) in [5.74, 6) is 0.117. The van der Waals surface area contributed by atoms with Gasteiger partial charge in [-0.3, -0.25) is 9.59 Å². The summed E-state index contributed by atoms with van der Waals surface area (Å²) in [6, 6.07) is 0. The van der Waals surface area contributed by atoms with Crippen LogP contribution < -0.4 is 0 Å². The van der Waals surface area contributed by atoms with E-state index in [4.69, 9.17) is 4.74 Å².